The third-order valence-electron chi connectivity index (χ3n) is 6.89. The first-order valence-corrected chi connectivity index (χ1v) is 11.0. The summed E-state index contributed by atoms with van der Waals surface area (Å²) >= 11 is 0. The molecule has 2 aromatic rings. The number of pyridine rings is 1. The number of amides is 1. The number of aromatic nitrogens is 1. The zero-order valence-electron chi connectivity index (χ0n) is 17.8. The molecule has 0 spiro atoms. The molecule has 1 aromatic carbocycles. The van der Waals surface area contributed by atoms with Gasteiger partial charge in [-0.05, 0) is 54.2 Å². The summed E-state index contributed by atoms with van der Waals surface area (Å²) < 4.78 is 7.02. The first-order chi connectivity index (χ1) is 14.0. The summed E-state index contributed by atoms with van der Waals surface area (Å²) in [5, 5.41) is 0.966. The van der Waals surface area contributed by atoms with Crippen molar-refractivity contribution in [2.45, 2.75) is 58.4 Å². The van der Waals surface area contributed by atoms with E-state index in [4.69, 9.17) is 4.74 Å². The van der Waals surface area contributed by atoms with Crippen LogP contribution >= 0.6 is 0 Å². The Labute approximate surface area is 172 Å². The number of fused-ring (bicyclic) bond motifs is 2. The minimum atomic E-state index is -0.0679. The smallest absolute Gasteiger partial charge is 0.254 e. The molecule has 5 heteroatoms. The Kier molecular flexibility index (Phi) is 5.66. The highest BCUT2D eigenvalue weighted by Crippen LogP contribution is 2.36. The molecule has 0 bridgehead atoms. The molecule has 0 N–H and O–H groups in total. The fourth-order valence-electron chi connectivity index (χ4n) is 5.13. The number of ether oxygens (including phenoxy) is 1. The van der Waals surface area contributed by atoms with Crippen molar-refractivity contribution in [3.63, 3.8) is 0 Å². The number of nitrogens with zero attached hydrogens (tertiary/aromatic N) is 2. The van der Waals surface area contributed by atoms with Gasteiger partial charge in [-0.3, -0.25) is 14.2 Å². The minimum absolute atomic E-state index is 0.0566. The fraction of sp³-hybridized carbons (Fsp3) is 0.583. The summed E-state index contributed by atoms with van der Waals surface area (Å²) in [6, 6.07) is 7.68. The van der Waals surface area contributed by atoms with Gasteiger partial charge in [0.25, 0.3) is 5.56 Å². The molecular formula is C24H32N2O3. The highest BCUT2D eigenvalue weighted by atomic mass is 16.5. The zero-order chi connectivity index (χ0) is 20.5. The van der Waals surface area contributed by atoms with Gasteiger partial charge in [0.15, 0.2) is 0 Å². The molecule has 1 saturated heterocycles. The topological polar surface area (TPSA) is 51.5 Å². The van der Waals surface area contributed by atoms with Crippen LogP contribution in [0.5, 0.6) is 5.75 Å². The molecule has 4 rings (SSSR count). The maximum absolute atomic E-state index is 13.2. The molecule has 0 radical (unpaired) electrons. The standard InChI is InChI=1S/C24H32N2O3/c1-16(2)21-12-18-8-9-20(29-3)13-22(18)26(24(21)28)15-23(27)25-11-10-17-6-4-5-7-19(17)14-25/h8-9,12-13,16-17,19H,4-7,10-11,14-15H2,1-3H3/t17-,19-/m0/s1. The van der Waals surface area contributed by atoms with Crippen LogP contribution in [-0.4, -0.2) is 35.6 Å². The van der Waals surface area contributed by atoms with Crippen molar-refractivity contribution in [3.8, 4) is 5.75 Å². The zero-order valence-corrected chi connectivity index (χ0v) is 17.8. The SMILES string of the molecule is COc1ccc2cc(C(C)C)c(=O)n(CC(=O)N3CC[C@@H]4CCCC[C@H]4C3)c2c1. The van der Waals surface area contributed by atoms with Gasteiger partial charge in [0.05, 0.1) is 12.6 Å². The molecule has 1 saturated carbocycles. The van der Waals surface area contributed by atoms with Gasteiger partial charge in [-0.25, -0.2) is 0 Å². The number of methoxy groups -OCH3 is 1. The monoisotopic (exact) mass is 396 g/mol. The van der Waals surface area contributed by atoms with Crippen molar-refractivity contribution in [2.75, 3.05) is 20.2 Å². The van der Waals surface area contributed by atoms with E-state index in [2.05, 4.69) is 0 Å². The molecule has 0 unspecified atom stereocenters. The molecule has 2 heterocycles. The Morgan fingerprint density at radius 1 is 1.14 bits per heavy atom. The van der Waals surface area contributed by atoms with Crippen molar-refractivity contribution in [3.05, 3.63) is 40.2 Å². The largest absolute Gasteiger partial charge is 0.497 e. The molecule has 5 nitrogen and oxygen atoms in total. The molecule has 1 amide bonds. The molecule has 2 aliphatic rings. The van der Waals surface area contributed by atoms with E-state index in [-0.39, 0.29) is 23.9 Å². The van der Waals surface area contributed by atoms with E-state index in [1.54, 1.807) is 11.7 Å². The van der Waals surface area contributed by atoms with Gasteiger partial charge in [-0.15, -0.1) is 0 Å². The second-order valence-electron chi connectivity index (χ2n) is 9.00. The van der Waals surface area contributed by atoms with Gasteiger partial charge in [0.2, 0.25) is 5.91 Å². The number of benzene rings is 1. The van der Waals surface area contributed by atoms with Gasteiger partial charge >= 0.3 is 0 Å². The number of rotatable bonds is 4. The third kappa shape index (κ3) is 3.92. The van der Waals surface area contributed by atoms with Gasteiger partial charge < -0.3 is 9.64 Å². The van der Waals surface area contributed by atoms with Gasteiger partial charge in [-0.1, -0.05) is 33.1 Å². The number of hydrogen-bond donors (Lipinski definition) is 0. The van der Waals surface area contributed by atoms with E-state index < -0.39 is 0 Å². The molecule has 1 aliphatic carbocycles. The number of piperidine rings is 1. The summed E-state index contributed by atoms with van der Waals surface area (Å²) in [6.45, 7) is 5.81. The summed E-state index contributed by atoms with van der Waals surface area (Å²) in [4.78, 5) is 28.4. The number of carbonyl (C=O) groups excluding carboxylic acids is 1. The average Bonchev–Trinajstić information content (AvgIpc) is 2.74. The molecule has 156 valence electrons. The quantitative estimate of drug-likeness (QED) is 0.779. The lowest BCUT2D eigenvalue weighted by Gasteiger charge is -2.41. The van der Waals surface area contributed by atoms with E-state index in [0.29, 0.717) is 11.7 Å². The minimum Gasteiger partial charge on any atom is -0.497 e. The van der Waals surface area contributed by atoms with Crippen LogP contribution in [0.4, 0.5) is 0 Å². The molecule has 29 heavy (non-hydrogen) atoms. The number of carbonyl (C=O) groups is 1. The Hall–Kier alpha value is -2.30. The second kappa shape index (κ2) is 8.21. The number of likely N-dealkylation sites (tertiary alicyclic amines) is 1. The predicted octanol–water partition coefficient (Wildman–Crippen LogP) is 4.17. The van der Waals surface area contributed by atoms with Crippen LogP contribution in [0.1, 0.15) is 57.4 Å². The summed E-state index contributed by atoms with van der Waals surface area (Å²) in [6.07, 6.45) is 6.26. The summed E-state index contributed by atoms with van der Waals surface area (Å²) in [7, 11) is 1.62. The maximum Gasteiger partial charge on any atom is 0.254 e. The normalized spacial score (nSPS) is 22.0. The van der Waals surface area contributed by atoms with Crippen LogP contribution in [0.15, 0.2) is 29.1 Å². The summed E-state index contributed by atoms with van der Waals surface area (Å²) in [5.41, 5.74) is 1.45. The Morgan fingerprint density at radius 3 is 2.62 bits per heavy atom. The van der Waals surface area contributed by atoms with Crippen LogP contribution in [-0.2, 0) is 11.3 Å². The van der Waals surface area contributed by atoms with Crippen LogP contribution in [0.2, 0.25) is 0 Å². The highest BCUT2D eigenvalue weighted by Gasteiger charge is 2.33. The van der Waals surface area contributed by atoms with E-state index in [0.717, 1.165) is 41.9 Å². The third-order valence-corrected chi connectivity index (χ3v) is 6.89. The van der Waals surface area contributed by atoms with Gasteiger partial charge in [0.1, 0.15) is 12.3 Å². The fourth-order valence-corrected chi connectivity index (χ4v) is 5.13. The predicted molar refractivity (Wildman–Crippen MR) is 115 cm³/mol. The molecule has 2 fully saturated rings. The second-order valence-corrected chi connectivity index (χ2v) is 9.00. The molecular weight excluding hydrogens is 364 g/mol. The van der Waals surface area contributed by atoms with E-state index in [1.165, 1.54) is 25.7 Å². The lowest BCUT2D eigenvalue weighted by molar-refractivity contribution is -0.134. The van der Waals surface area contributed by atoms with E-state index >= 15 is 0 Å². The lowest BCUT2D eigenvalue weighted by atomic mass is 9.75. The van der Waals surface area contributed by atoms with E-state index in [9.17, 15) is 9.59 Å². The van der Waals surface area contributed by atoms with Crippen molar-refractivity contribution in [1.29, 1.82) is 0 Å². The van der Waals surface area contributed by atoms with Crippen molar-refractivity contribution in [2.24, 2.45) is 11.8 Å². The van der Waals surface area contributed by atoms with Crippen LogP contribution in [0, 0.1) is 11.8 Å². The Morgan fingerprint density at radius 2 is 1.90 bits per heavy atom. The van der Waals surface area contributed by atoms with Crippen molar-refractivity contribution >= 4 is 16.8 Å². The average molecular weight is 397 g/mol. The summed E-state index contributed by atoms with van der Waals surface area (Å²) in [5.74, 6) is 2.27. The Balaban J connectivity index is 1.66. The van der Waals surface area contributed by atoms with Crippen LogP contribution < -0.4 is 10.3 Å². The van der Waals surface area contributed by atoms with Crippen LogP contribution in [0.25, 0.3) is 10.9 Å². The highest BCUT2D eigenvalue weighted by molar-refractivity contribution is 5.84. The first kappa shape index (κ1) is 20.0. The molecule has 1 aromatic heterocycles. The molecule has 1 aliphatic heterocycles. The number of hydrogen-bond acceptors (Lipinski definition) is 3. The van der Waals surface area contributed by atoms with Gasteiger partial charge in [-0.2, -0.15) is 0 Å². The Bertz CT molecular complexity index is 962. The van der Waals surface area contributed by atoms with Crippen LogP contribution in [0.3, 0.4) is 0 Å². The first-order valence-electron chi connectivity index (χ1n) is 11.0. The van der Waals surface area contributed by atoms with E-state index in [1.807, 2.05) is 43.0 Å². The van der Waals surface area contributed by atoms with Crippen molar-refractivity contribution < 1.29 is 9.53 Å². The van der Waals surface area contributed by atoms with Crippen molar-refractivity contribution in [1.82, 2.24) is 9.47 Å². The molecule has 2 atom stereocenters. The maximum atomic E-state index is 13.2. The van der Waals surface area contributed by atoms with Gasteiger partial charge in [0, 0.05) is 24.7 Å². The lowest BCUT2D eigenvalue weighted by Crippen LogP contribution is -2.46.